The minimum atomic E-state index is -0.618. The van der Waals surface area contributed by atoms with E-state index in [9.17, 15) is 4.79 Å². The van der Waals surface area contributed by atoms with E-state index in [4.69, 9.17) is 10.5 Å². The largest absolute Gasteiger partial charge is 0.479 e. The molecule has 0 spiro atoms. The van der Waals surface area contributed by atoms with Gasteiger partial charge in [-0.15, -0.1) is 0 Å². The van der Waals surface area contributed by atoms with Crippen LogP contribution in [-0.4, -0.2) is 22.5 Å². The minimum Gasteiger partial charge on any atom is -0.479 e. The number of hydrogen-bond donors (Lipinski definition) is 2. The van der Waals surface area contributed by atoms with Crippen molar-refractivity contribution in [3.8, 4) is 5.75 Å². The number of aromatic nitrogens is 1. The first-order chi connectivity index (χ1) is 9.23. The summed E-state index contributed by atoms with van der Waals surface area (Å²) in [4.78, 5) is 15.8. The lowest BCUT2D eigenvalue weighted by atomic mass is 10.1. The number of aryl methyl sites for hydroxylation is 1. The van der Waals surface area contributed by atoms with Crippen LogP contribution in [0.3, 0.4) is 0 Å². The molecule has 1 aromatic rings. The molecule has 112 valence electrons. The molecule has 1 aromatic heterocycles. The Bertz CT molecular complexity index is 467. The molecule has 0 bridgehead atoms. The molecule has 5 heteroatoms. The molecule has 3 N–H and O–H groups in total. The van der Waals surface area contributed by atoms with Crippen molar-refractivity contribution in [3.05, 3.63) is 23.5 Å². The molecule has 1 amide bonds. The number of carbonyl (C=O) groups excluding carboxylic acids is 1. The number of carbonyl (C=O) groups is 1. The maximum absolute atomic E-state index is 11.3. The van der Waals surface area contributed by atoms with Crippen LogP contribution in [0.15, 0.2) is 12.1 Å². The van der Waals surface area contributed by atoms with Crippen molar-refractivity contribution in [1.82, 2.24) is 10.3 Å². The van der Waals surface area contributed by atoms with Crippen molar-refractivity contribution in [2.75, 3.05) is 0 Å². The molecule has 20 heavy (non-hydrogen) atoms. The lowest BCUT2D eigenvalue weighted by Gasteiger charge is -2.22. The Kier molecular flexibility index (Phi) is 5.51. The van der Waals surface area contributed by atoms with E-state index < -0.39 is 12.0 Å². The summed E-state index contributed by atoms with van der Waals surface area (Å²) < 4.78 is 5.70. The highest BCUT2D eigenvalue weighted by Crippen LogP contribution is 2.20. The number of rotatable bonds is 6. The van der Waals surface area contributed by atoms with Crippen LogP contribution >= 0.6 is 0 Å². The number of nitrogens with one attached hydrogen (secondary N) is 1. The lowest BCUT2D eigenvalue weighted by molar-refractivity contribution is -0.124. The number of primary amides is 1. The average Bonchev–Trinajstić information content (AvgIpc) is 2.33. The molecule has 0 fully saturated rings. The van der Waals surface area contributed by atoms with Crippen molar-refractivity contribution in [3.63, 3.8) is 0 Å². The minimum absolute atomic E-state index is 0.0173. The van der Waals surface area contributed by atoms with Gasteiger partial charge in [0.05, 0.1) is 5.69 Å². The van der Waals surface area contributed by atoms with E-state index in [0.717, 1.165) is 11.4 Å². The Morgan fingerprint density at radius 1 is 1.45 bits per heavy atom. The van der Waals surface area contributed by atoms with Crippen LogP contribution in [0.25, 0.3) is 0 Å². The van der Waals surface area contributed by atoms with E-state index in [1.807, 2.05) is 26.0 Å². The van der Waals surface area contributed by atoms with Gasteiger partial charge in [0, 0.05) is 17.8 Å². The zero-order chi connectivity index (χ0) is 15.3. The monoisotopic (exact) mass is 279 g/mol. The summed E-state index contributed by atoms with van der Waals surface area (Å²) in [7, 11) is 0. The SMILES string of the molecule is CCC(Oc1ccc(C)nc1CNC(C)(C)C)C(N)=O. The Labute approximate surface area is 120 Å². The fraction of sp³-hybridized carbons (Fsp3) is 0.600. The number of nitrogens with two attached hydrogens (primary N) is 1. The molecule has 1 rings (SSSR count). The predicted molar refractivity (Wildman–Crippen MR) is 79.5 cm³/mol. The number of pyridine rings is 1. The van der Waals surface area contributed by atoms with Gasteiger partial charge in [-0.25, -0.2) is 0 Å². The van der Waals surface area contributed by atoms with Crippen LogP contribution in [0, 0.1) is 6.92 Å². The molecular formula is C15H25N3O2. The van der Waals surface area contributed by atoms with Gasteiger partial charge in [0.2, 0.25) is 0 Å². The first kappa shape index (κ1) is 16.4. The zero-order valence-electron chi connectivity index (χ0n) is 13.0. The number of ether oxygens (including phenoxy) is 1. The molecule has 0 aromatic carbocycles. The second-order valence-corrected chi connectivity index (χ2v) is 5.92. The lowest BCUT2D eigenvalue weighted by Crippen LogP contribution is -2.36. The molecule has 0 saturated carbocycles. The Balaban J connectivity index is 2.92. The van der Waals surface area contributed by atoms with E-state index in [-0.39, 0.29) is 5.54 Å². The summed E-state index contributed by atoms with van der Waals surface area (Å²) in [6.07, 6.45) is -0.0806. The van der Waals surface area contributed by atoms with Crippen molar-refractivity contribution in [2.24, 2.45) is 5.73 Å². The first-order valence-corrected chi connectivity index (χ1v) is 6.90. The molecule has 0 radical (unpaired) electrons. The molecule has 1 atom stereocenters. The third-order valence-corrected chi connectivity index (χ3v) is 2.82. The van der Waals surface area contributed by atoms with Gasteiger partial charge < -0.3 is 15.8 Å². The standard InChI is InChI=1S/C15H25N3O2/c1-6-12(14(16)19)20-13-8-7-10(2)18-11(13)9-17-15(3,4)5/h7-8,12,17H,6,9H2,1-5H3,(H2,16,19). The summed E-state index contributed by atoms with van der Waals surface area (Å²) >= 11 is 0. The fourth-order valence-electron chi connectivity index (χ4n) is 1.68. The normalized spacial score (nSPS) is 13.1. The van der Waals surface area contributed by atoms with Crippen LogP contribution in [0.1, 0.15) is 45.5 Å². The van der Waals surface area contributed by atoms with E-state index in [1.54, 1.807) is 0 Å². The van der Waals surface area contributed by atoms with Gasteiger partial charge >= 0.3 is 0 Å². The van der Waals surface area contributed by atoms with Crippen LogP contribution < -0.4 is 15.8 Å². The summed E-state index contributed by atoms with van der Waals surface area (Å²) in [6, 6.07) is 3.71. The second-order valence-electron chi connectivity index (χ2n) is 5.92. The molecular weight excluding hydrogens is 254 g/mol. The van der Waals surface area contributed by atoms with E-state index in [0.29, 0.717) is 18.7 Å². The highest BCUT2D eigenvalue weighted by atomic mass is 16.5. The molecule has 1 heterocycles. The molecule has 0 aliphatic carbocycles. The summed E-state index contributed by atoms with van der Waals surface area (Å²) in [5.74, 6) is 0.154. The van der Waals surface area contributed by atoms with Crippen molar-refractivity contribution >= 4 is 5.91 Å². The van der Waals surface area contributed by atoms with Crippen LogP contribution in [0.2, 0.25) is 0 Å². The quantitative estimate of drug-likeness (QED) is 0.834. The van der Waals surface area contributed by atoms with Gasteiger partial charge in [-0.1, -0.05) is 6.92 Å². The first-order valence-electron chi connectivity index (χ1n) is 6.90. The average molecular weight is 279 g/mol. The summed E-state index contributed by atoms with van der Waals surface area (Å²) in [6.45, 7) is 10.6. The number of amides is 1. The third kappa shape index (κ3) is 5.17. The summed E-state index contributed by atoms with van der Waals surface area (Å²) in [5, 5.41) is 3.37. The van der Waals surface area contributed by atoms with Crippen LogP contribution in [0.4, 0.5) is 0 Å². The van der Waals surface area contributed by atoms with Gasteiger partial charge in [-0.05, 0) is 46.2 Å². The van der Waals surface area contributed by atoms with Gasteiger partial charge in [0.15, 0.2) is 6.10 Å². The highest BCUT2D eigenvalue weighted by Gasteiger charge is 2.18. The third-order valence-electron chi connectivity index (χ3n) is 2.82. The fourth-order valence-corrected chi connectivity index (χ4v) is 1.68. The topological polar surface area (TPSA) is 77.2 Å². The van der Waals surface area contributed by atoms with E-state index >= 15 is 0 Å². The van der Waals surface area contributed by atoms with Crippen molar-refractivity contribution in [2.45, 2.75) is 59.2 Å². The zero-order valence-corrected chi connectivity index (χ0v) is 13.0. The Hall–Kier alpha value is -1.62. The van der Waals surface area contributed by atoms with Gasteiger partial charge in [-0.3, -0.25) is 9.78 Å². The molecule has 0 aliphatic heterocycles. The van der Waals surface area contributed by atoms with Gasteiger partial charge in [0.25, 0.3) is 5.91 Å². The molecule has 5 nitrogen and oxygen atoms in total. The predicted octanol–water partition coefficient (Wildman–Crippen LogP) is 1.92. The summed E-state index contributed by atoms with van der Waals surface area (Å²) in [5.41, 5.74) is 7.00. The maximum atomic E-state index is 11.3. The van der Waals surface area contributed by atoms with Crippen molar-refractivity contribution in [1.29, 1.82) is 0 Å². The molecule has 0 aliphatic rings. The number of hydrogen-bond acceptors (Lipinski definition) is 4. The Morgan fingerprint density at radius 2 is 2.10 bits per heavy atom. The van der Waals surface area contributed by atoms with Gasteiger partial charge in [-0.2, -0.15) is 0 Å². The Morgan fingerprint density at radius 3 is 2.60 bits per heavy atom. The highest BCUT2D eigenvalue weighted by molar-refractivity contribution is 5.79. The smallest absolute Gasteiger partial charge is 0.258 e. The maximum Gasteiger partial charge on any atom is 0.258 e. The van der Waals surface area contributed by atoms with Crippen LogP contribution in [0.5, 0.6) is 5.75 Å². The van der Waals surface area contributed by atoms with E-state index in [1.165, 1.54) is 0 Å². The van der Waals surface area contributed by atoms with Crippen molar-refractivity contribution < 1.29 is 9.53 Å². The second kappa shape index (κ2) is 6.70. The van der Waals surface area contributed by atoms with Crippen LogP contribution in [-0.2, 0) is 11.3 Å². The number of nitrogens with zero attached hydrogens (tertiary/aromatic N) is 1. The molecule has 1 unspecified atom stereocenters. The van der Waals surface area contributed by atoms with E-state index in [2.05, 4.69) is 31.1 Å². The molecule has 0 saturated heterocycles. The van der Waals surface area contributed by atoms with Gasteiger partial charge in [0.1, 0.15) is 5.75 Å².